The van der Waals surface area contributed by atoms with Crippen LogP contribution in [0, 0.1) is 5.92 Å². The van der Waals surface area contributed by atoms with Crippen molar-refractivity contribution in [2.75, 3.05) is 13.3 Å². The minimum absolute atomic E-state index is 0.0518. The van der Waals surface area contributed by atoms with Crippen LogP contribution < -0.4 is 20.5 Å². The second-order valence-corrected chi connectivity index (χ2v) is 4.01. The third kappa shape index (κ3) is 2.50. The zero-order valence-electron chi connectivity index (χ0n) is 9.73. The van der Waals surface area contributed by atoms with E-state index in [1.165, 1.54) is 0 Å². The lowest BCUT2D eigenvalue weighted by Gasteiger charge is -2.11. The van der Waals surface area contributed by atoms with E-state index in [9.17, 15) is 4.79 Å². The highest BCUT2D eigenvalue weighted by Gasteiger charge is 2.18. The Bertz CT molecular complexity index is 420. The molecule has 1 unspecified atom stereocenters. The Morgan fingerprint density at radius 1 is 1.53 bits per heavy atom. The predicted octanol–water partition coefficient (Wildman–Crippen LogP) is 0.626. The number of amides is 1. The highest BCUT2D eigenvalue weighted by atomic mass is 16.7. The molecule has 0 bridgehead atoms. The molecule has 0 fully saturated rings. The fourth-order valence-corrected chi connectivity index (χ4v) is 1.59. The van der Waals surface area contributed by atoms with Crippen molar-refractivity contribution in [3.05, 3.63) is 23.8 Å². The topological polar surface area (TPSA) is 73.6 Å². The second-order valence-electron chi connectivity index (χ2n) is 4.01. The van der Waals surface area contributed by atoms with Crippen LogP contribution in [0.1, 0.15) is 12.5 Å². The van der Waals surface area contributed by atoms with Gasteiger partial charge in [0.15, 0.2) is 11.5 Å². The molecular weight excluding hydrogens is 220 g/mol. The number of para-hydroxylation sites is 1. The molecule has 5 nitrogen and oxygen atoms in total. The van der Waals surface area contributed by atoms with Gasteiger partial charge in [-0.25, -0.2) is 0 Å². The molecule has 0 aliphatic carbocycles. The Hall–Kier alpha value is -1.75. The molecule has 1 aromatic rings. The van der Waals surface area contributed by atoms with E-state index in [-0.39, 0.29) is 18.6 Å². The molecular formula is C12H16N2O3. The van der Waals surface area contributed by atoms with Crippen molar-refractivity contribution >= 4 is 5.91 Å². The van der Waals surface area contributed by atoms with Crippen molar-refractivity contribution < 1.29 is 14.3 Å². The first-order valence-electron chi connectivity index (χ1n) is 5.57. The first-order valence-corrected chi connectivity index (χ1v) is 5.57. The van der Waals surface area contributed by atoms with Crippen LogP contribution in [0.25, 0.3) is 0 Å². The quantitative estimate of drug-likeness (QED) is 0.804. The lowest BCUT2D eigenvalue weighted by molar-refractivity contribution is -0.124. The average molecular weight is 236 g/mol. The van der Waals surface area contributed by atoms with Gasteiger partial charge in [0.1, 0.15) is 0 Å². The minimum atomic E-state index is -0.177. The molecule has 1 heterocycles. The van der Waals surface area contributed by atoms with Gasteiger partial charge in [0, 0.05) is 24.6 Å². The average Bonchev–Trinajstić information content (AvgIpc) is 2.83. The molecule has 0 radical (unpaired) electrons. The van der Waals surface area contributed by atoms with E-state index in [1.54, 1.807) is 6.92 Å². The standard InChI is InChI=1S/C12H16N2O3/c1-8(5-13)12(15)14-6-9-3-2-4-10-11(9)17-7-16-10/h2-4,8H,5-7,13H2,1H3,(H,14,15). The molecule has 1 aliphatic heterocycles. The van der Waals surface area contributed by atoms with Gasteiger partial charge in [-0.1, -0.05) is 19.1 Å². The van der Waals surface area contributed by atoms with Gasteiger partial charge in [-0.05, 0) is 6.07 Å². The van der Waals surface area contributed by atoms with Gasteiger partial charge in [-0.15, -0.1) is 0 Å². The van der Waals surface area contributed by atoms with Crippen LogP contribution in [0.4, 0.5) is 0 Å². The predicted molar refractivity (Wildman–Crippen MR) is 62.6 cm³/mol. The van der Waals surface area contributed by atoms with E-state index in [1.807, 2.05) is 18.2 Å². The fourth-order valence-electron chi connectivity index (χ4n) is 1.59. The number of hydrogen-bond donors (Lipinski definition) is 2. The summed E-state index contributed by atoms with van der Waals surface area (Å²) in [4.78, 5) is 11.6. The Morgan fingerprint density at radius 3 is 3.12 bits per heavy atom. The summed E-state index contributed by atoms with van der Waals surface area (Å²) >= 11 is 0. The summed E-state index contributed by atoms with van der Waals surface area (Å²) in [6, 6.07) is 5.62. The largest absolute Gasteiger partial charge is 0.454 e. The number of ether oxygens (including phenoxy) is 2. The summed E-state index contributed by atoms with van der Waals surface area (Å²) < 4.78 is 10.6. The summed E-state index contributed by atoms with van der Waals surface area (Å²) in [6.07, 6.45) is 0. The second kappa shape index (κ2) is 5.05. The molecule has 0 aromatic heterocycles. The first kappa shape index (κ1) is 11.7. The maximum Gasteiger partial charge on any atom is 0.231 e. The number of rotatable bonds is 4. The van der Waals surface area contributed by atoms with Gasteiger partial charge >= 0.3 is 0 Å². The number of carbonyl (C=O) groups excluding carboxylic acids is 1. The molecule has 2 rings (SSSR count). The van der Waals surface area contributed by atoms with Gasteiger partial charge < -0.3 is 20.5 Å². The SMILES string of the molecule is CC(CN)C(=O)NCc1cccc2c1OCO2. The molecule has 1 amide bonds. The Morgan fingerprint density at radius 2 is 2.35 bits per heavy atom. The number of fused-ring (bicyclic) bond motifs is 1. The van der Waals surface area contributed by atoms with Crippen LogP contribution >= 0.6 is 0 Å². The summed E-state index contributed by atoms with van der Waals surface area (Å²) in [5, 5.41) is 2.82. The normalized spacial score (nSPS) is 14.5. The van der Waals surface area contributed by atoms with Crippen molar-refractivity contribution in [3.8, 4) is 11.5 Å². The van der Waals surface area contributed by atoms with Crippen LogP contribution in [0.3, 0.4) is 0 Å². The van der Waals surface area contributed by atoms with Gasteiger partial charge in [0.25, 0.3) is 0 Å². The summed E-state index contributed by atoms with van der Waals surface area (Å²) in [5.41, 5.74) is 6.34. The minimum Gasteiger partial charge on any atom is -0.454 e. The van der Waals surface area contributed by atoms with Crippen LogP contribution in [0.2, 0.25) is 0 Å². The number of hydrogen-bond acceptors (Lipinski definition) is 4. The smallest absolute Gasteiger partial charge is 0.231 e. The van der Waals surface area contributed by atoms with Crippen molar-refractivity contribution in [1.82, 2.24) is 5.32 Å². The number of carbonyl (C=O) groups is 1. The highest BCUT2D eigenvalue weighted by molar-refractivity contribution is 5.78. The van der Waals surface area contributed by atoms with E-state index in [4.69, 9.17) is 15.2 Å². The molecule has 0 saturated carbocycles. The Labute approximate surface area is 99.9 Å². The number of nitrogens with one attached hydrogen (secondary N) is 1. The first-order chi connectivity index (χ1) is 8.22. The van der Waals surface area contributed by atoms with Gasteiger partial charge in [0.2, 0.25) is 12.7 Å². The number of nitrogens with two attached hydrogens (primary N) is 1. The Balaban J connectivity index is 2.00. The molecule has 3 N–H and O–H groups in total. The molecule has 17 heavy (non-hydrogen) atoms. The Kier molecular flexibility index (Phi) is 3.49. The fraction of sp³-hybridized carbons (Fsp3) is 0.417. The molecule has 0 saturated heterocycles. The molecule has 5 heteroatoms. The van der Waals surface area contributed by atoms with Crippen LogP contribution in [0.15, 0.2) is 18.2 Å². The summed E-state index contributed by atoms with van der Waals surface area (Å²) in [7, 11) is 0. The molecule has 1 aliphatic rings. The van der Waals surface area contributed by atoms with E-state index in [0.717, 1.165) is 11.3 Å². The van der Waals surface area contributed by atoms with Gasteiger partial charge in [0.05, 0.1) is 0 Å². The van der Waals surface area contributed by atoms with Crippen molar-refractivity contribution in [1.29, 1.82) is 0 Å². The molecule has 1 aromatic carbocycles. The van der Waals surface area contributed by atoms with E-state index in [0.29, 0.717) is 18.8 Å². The van der Waals surface area contributed by atoms with E-state index in [2.05, 4.69) is 5.32 Å². The highest BCUT2D eigenvalue weighted by Crippen LogP contribution is 2.35. The summed E-state index contributed by atoms with van der Waals surface area (Å²) in [5.74, 6) is 1.21. The van der Waals surface area contributed by atoms with Crippen molar-refractivity contribution in [2.45, 2.75) is 13.5 Å². The number of benzene rings is 1. The third-order valence-corrected chi connectivity index (χ3v) is 2.73. The van der Waals surface area contributed by atoms with Crippen molar-refractivity contribution in [2.24, 2.45) is 11.7 Å². The molecule has 1 atom stereocenters. The maximum atomic E-state index is 11.6. The maximum absolute atomic E-state index is 11.6. The van der Waals surface area contributed by atoms with E-state index < -0.39 is 0 Å². The van der Waals surface area contributed by atoms with Crippen LogP contribution in [-0.4, -0.2) is 19.2 Å². The zero-order chi connectivity index (χ0) is 12.3. The summed E-state index contributed by atoms with van der Waals surface area (Å²) in [6.45, 7) is 2.80. The van der Waals surface area contributed by atoms with Crippen molar-refractivity contribution in [3.63, 3.8) is 0 Å². The monoisotopic (exact) mass is 236 g/mol. The molecule has 0 spiro atoms. The lowest BCUT2D eigenvalue weighted by Crippen LogP contribution is -2.32. The lowest BCUT2D eigenvalue weighted by atomic mass is 10.1. The zero-order valence-corrected chi connectivity index (χ0v) is 9.73. The van der Waals surface area contributed by atoms with Gasteiger partial charge in [-0.2, -0.15) is 0 Å². The molecule has 92 valence electrons. The van der Waals surface area contributed by atoms with Crippen LogP contribution in [-0.2, 0) is 11.3 Å². The third-order valence-electron chi connectivity index (χ3n) is 2.73. The van der Waals surface area contributed by atoms with Crippen LogP contribution in [0.5, 0.6) is 11.5 Å². The van der Waals surface area contributed by atoms with E-state index >= 15 is 0 Å². The van der Waals surface area contributed by atoms with Gasteiger partial charge in [-0.3, -0.25) is 4.79 Å².